The fourth-order valence-corrected chi connectivity index (χ4v) is 2.86. The normalized spacial score (nSPS) is 10.8. The van der Waals surface area contributed by atoms with E-state index in [1.807, 2.05) is 0 Å². The molecule has 5 nitrogen and oxygen atoms in total. The lowest BCUT2D eigenvalue weighted by molar-refractivity contribution is -0.134. The maximum Gasteiger partial charge on any atom is 0.312 e. The number of rotatable bonds is 4. The molecule has 0 saturated heterocycles. The van der Waals surface area contributed by atoms with Gasteiger partial charge in [-0.05, 0) is 38.0 Å². The van der Waals surface area contributed by atoms with Gasteiger partial charge in [0, 0.05) is 24.1 Å². The first-order chi connectivity index (χ1) is 11.2. The minimum Gasteiger partial charge on any atom is -0.407 e. The lowest BCUT2D eigenvalue weighted by atomic mass is 9.99. The van der Waals surface area contributed by atoms with E-state index in [-0.39, 0.29) is 28.7 Å². The molecule has 2 rings (SSSR count). The Morgan fingerprint density at radius 1 is 1.21 bits per heavy atom. The van der Waals surface area contributed by atoms with E-state index >= 15 is 0 Å². The van der Waals surface area contributed by atoms with Gasteiger partial charge in [0.05, 0.1) is 10.7 Å². The van der Waals surface area contributed by atoms with Gasteiger partial charge in [0.2, 0.25) is 11.7 Å². The highest BCUT2D eigenvalue weighted by Gasteiger charge is 2.27. The Hall–Kier alpha value is -1.85. The summed E-state index contributed by atoms with van der Waals surface area (Å²) in [5.41, 5.74) is 2.37. The standard InChI is InChI=1S/C17H18Cl2N2O3/c1-6-12(22)24-17-13(10(4)20-21(17)5)16(23)11-7-8(2)14(18)9(3)15(11)19/h7H,6H2,1-5H3. The average Bonchev–Trinajstić information content (AvgIpc) is 2.81. The zero-order chi connectivity index (χ0) is 18.2. The number of aromatic nitrogens is 2. The number of carbonyl (C=O) groups is 2. The highest BCUT2D eigenvalue weighted by atomic mass is 35.5. The van der Waals surface area contributed by atoms with Gasteiger partial charge in [-0.25, -0.2) is 4.68 Å². The molecule has 0 radical (unpaired) electrons. The van der Waals surface area contributed by atoms with Crippen molar-refractivity contribution in [2.75, 3.05) is 0 Å². The van der Waals surface area contributed by atoms with Crippen LogP contribution < -0.4 is 4.74 Å². The predicted molar refractivity (Wildman–Crippen MR) is 93.2 cm³/mol. The monoisotopic (exact) mass is 368 g/mol. The van der Waals surface area contributed by atoms with Crippen LogP contribution >= 0.6 is 23.2 Å². The molecular weight excluding hydrogens is 351 g/mol. The molecule has 2 aromatic rings. The van der Waals surface area contributed by atoms with Crippen molar-refractivity contribution in [1.29, 1.82) is 0 Å². The Bertz CT molecular complexity index is 841. The van der Waals surface area contributed by atoms with Crippen molar-refractivity contribution < 1.29 is 14.3 Å². The Kier molecular flexibility index (Phi) is 5.35. The third-order valence-corrected chi connectivity index (χ3v) is 4.81. The highest BCUT2D eigenvalue weighted by molar-refractivity contribution is 6.39. The highest BCUT2D eigenvalue weighted by Crippen LogP contribution is 2.34. The Morgan fingerprint density at radius 3 is 2.42 bits per heavy atom. The van der Waals surface area contributed by atoms with E-state index in [1.165, 1.54) is 4.68 Å². The third kappa shape index (κ3) is 3.19. The van der Waals surface area contributed by atoms with Crippen molar-refractivity contribution in [3.63, 3.8) is 0 Å². The van der Waals surface area contributed by atoms with E-state index in [1.54, 1.807) is 40.8 Å². The molecule has 0 aliphatic heterocycles. The summed E-state index contributed by atoms with van der Waals surface area (Å²) in [6.07, 6.45) is 0.192. The summed E-state index contributed by atoms with van der Waals surface area (Å²) in [6, 6.07) is 1.64. The Morgan fingerprint density at radius 2 is 1.83 bits per heavy atom. The van der Waals surface area contributed by atoms with E-state index in [2.05, 4.69) is 5.10 Å². The summed E-state index contributed by atoms with van der Waals surface area (Å²) in [6.45, 7) is 6.91. The number of hydrogen-bond acceptors (Lipinski definition) is 4. The Labute approximate surface area is 150 Å². The van der Waals surface area contributed by atoms with Gasteiger partial charge in [0.25, 0.3) is 0 Å². The van der Waals surface area contributed by atoms with Gasteiger partial charge in [0.15, 0.2) is 0 Å². The minimum absolute atomic E-state index is 0.116. The average molecular weight is 369 g/mol. The molecule has 0 fully saturated rings. The fraction of sp³-hybridized carbons (Fsp3) is 0.353. The second-order valence-corrected chi connectivity index (χ2v) is 6.30. The SMILES string of the molecule is CCC(=O)Oc1c(C(=O)c2cc(C)c(Cl)c(C)c2Cl)c(C)nn1C. The molecule has 1 aromatic carbocycles. The Balaban J connectivity index is 2.61. The van der Waals surface area contributed by atoms with Gasteiger partial charge in [0.1, 0.15) is 5.56 Å². The van der Waals surface area contributed by atoms with Gasteiger partial charge in [-0.2, -0.15) is 5.10 Å². The molecule has 7 heteroatoms. The molecule has 0 spiro atoms. The summed E-state index contributed by atoms with van der Waals surface area (Å²) in [5, 5.41) is 5.00. The second-order valence-electron chi connectivity index (χ2n) is 5.54. The second kappa shape index (κ2) is 6.95. The smallest absolute Gasteiger partial charge is 0.312 e. The number of hydrogen-bond donors (Lipinski definition) is 0. The summed E-state index contributed by atoms with van der Waals surface area (Å²) in [4.78, 5) is 24.7. The van der Waals surface area contributed by atoms with Gasteiger partial charge in [-0.15, -0.1) is 0 Å². The summed E-state index contributed by atoms with van der Waals surface area (Å²) >= 11 is 12.5. The zero-order valence-electron chi connectivity index (χ0n) is 14.2. The predicted octanol–water partition coefficient (Wildman–Crippen LogP) is 4.20. The van der Waals surface area contributed by atoms with Crippen LogP contribution in [-0.4, -0.2) is 21.5 Å². The van der Waals surface area contributed by atoms with Crippen molar-refractivity contribution in [1.82, 2.24) is 9.78 Å². The number of benzene rings is 1. The number of aryl methyl sites for hydroxylation is 3. The molecule has 0 bridgehead atoms. The summed E-state index contributed by atoms with van der Waals surface area (Å²) < 4.78 is 6.66. The van der Waals surface area contributed by atoms with Crippen molar-refractivity contribution in [3.05, 3.63) is 44.1 Å². The molecule has 0 N–H and O–H groups in total. The van der Waals surface area contributed by atoms with E-state index in [0.717, 1.165) is 5.56 Å². The van der Waals surface area contributed by atoms with Gasteiger partial charge in [-0.1, -0.05) is 30.1 Å². The van der Waals surface area contributed by atoms with Crippen LogP contribution in [0.5, 0.6) is 5.88 Å². The maximum absolute atomic E-state index is 13.0. The van der Waals surface area contributed by atoms with Gasteiger partial charge < -0.3 is 4.74 Å². The van der Waals surface area contributed by atoms with Crippen LogP contribution in [0.3, 0.4) is 0 Å². The van der Waals surface area contributed by atoms with Gasteiger partial charge in [-0.3, -0.25) is 9.59 Å². The van der Waals surface area contributed by atoms with Crippen molar-refractivity contribution in [2.45, 2.75) is 34.1 Å². The first-order valence-corrected chi connectivity index (χ1v) is 8.18. The van der Waals surface area contributed by atoms with Crippen molar-refractivity contribution >= 4 is 35.0 Å². The van der Waals surface area contributed by atoms with Crippen LogP contribution in [0.4, 0.5) is 0 Å². The van der Waals surface area contributed by atoms with Crippen LogP contribution in [0, 0.1) is 20.8 Å². The van der Waals surface area contributed by atoms with E-state index in [4.69, 9.17) is 27.9 Å². The van der Waals surface area contributed by atoms with Crippen LogP contribution in [-0.2, 0) is 11.8 Å². The van der Waals surface area contributed by atoms with E-state index in [0.29, 0.717) is 21.8 Å². The molecule has 0 atom stereocenters. The number of esters is 1. The first-order valence-electron chi connectivity index (χ1n) is 7.43. The number of ether oxygens (including phenoxy) is 1. The zero-order valence-corrected chi connectivity index (χ0v) is 15.7. The first kappa shape index (κ1) is 18.5. The lowest BCUT2D eigenvalue weighted by Gasteiger charge is -2.11. The van der Waals surface area contributed by atoms with E-state index < -0.39 is 5.97 Å². The van der Waals surface area contributed by atoms with Crippen LogP contribution in [0.1, 0.15) is 46.1 Å². The number of nitrogens with zero attached hydrogens (tertiary/aromatic N) is 2. The maximum atomic E-state index is 13.0. The molecular formula is C17H18Cl2N2O3. The number of halogens is 2. The molecule has 0 amide bonds. The fourth-order valence-electron chi connectivity index (χ4n) is 2.43. The number of ketones is 1. The minimum atomic E-state index is -0.443. The van der Waals surface area contributed by atoms with Crippen molar-refractivity contribution in [3.8, 4) is 5.88 Å². The molecule has 0 aliphatic carbocycles. The van der Waals surface area contributed by atoms with Crippen LogP contribution in [0.15, 0.2) is 6.07 Å². The molecule has 0 unspecified atom stereocenters. The molecule has 1 aromatic heterocycles. The largest absolute Gasteiger partial charge is 0.407 e. The molecule has 0 saturated carbocycles. The quantitative estimate of drug-likeness (QED) is 0.599. The van der Waals surface area contributed by atoms with Crippen LogP contribution in [0.2, 0.25) is 10.0 Å². The van der Waals surface area contributed by atoms with Crippen molar-refractivity contribution in [2.24, 2.45) is 7.05 Å². The number of carbonyl (C=O) groups excluding carboxylic acids is 2. The van der Waals surface area contributed by atoms with Gasteiger partial charge >= 0.3 is 5.97 Å². The summed E-state index contributed by atoms with van der Waals surface area (Å²) in [7, 11) is 1.61. The van der Waals surface area contributed by atoms with E-state index in [9.17, 15) is 9.59 Å². The molecule has 1 heterocycles. The van der Waals surface area contributed by atoms with Crippen LogP contribution in [0.25, 0.3) is 0 Å². The molecule has 0 aliphatic rings. The summed E-state index contributed by atoms with van der Waals surface area (Å²) in [5.74, 6) is -0.681. The topological polar surface area (TPSA) is 61.2 Å². The lowest BCUT2D eigenvalue weighted by Crippen LogP contribution is -2.13. The molecule has 24 heavy (non-hydrogen) atoms. The third-order valence-electron chi connectivity index (χ3n) is 3.74. The molecule has 128 valence electrons.